The fourth-order valence-corrected chi connectivity index (χ4v) is 9.73. The molecule has 382 valence electrons. The molecule has 0 spiro atoms. The molecular weight excluding hydrogens is 1030 g/mol. The van der Waals surface area contributed by atoms with E-state index in [9.17, 15) is 4.79 Å². The van der Waals surface area contributed by atoms with E-state index in [-0.39, 0.29) is 17.7 Å². The van der Waals surface area contributed by atoms with Crippen molar-refractivity contribution >= 4 is 75.7 Å². The van der Waals surface area contributed by atoms with Gasteiger partial charge >= 0.3 is 6.09 Å². The fourth-order valence-electron chi connectivity index (χ4n) is 6.94. The summed E-state index contributed by atoms with van der Waals surface area (Å²) in [5, 5.41) is 2.99. The van der Waals surface area contributed by atoms with E-state index in [0.29, 0.717) is 19.6 Å². The molecule has 5 N–H and O–H groups in total. The summed E-state index contributed by atoms with van der Waals surface area (Å²) in [5.41, 5.74) is 21.4. The van der Waals surface area contributed by atoms with Crippen LogP contribution in [0.15, 0.2) is 183 Å². The molecule has 9 nitrogen and oxygen atoms in total. The summed E-state index contributed by atoms with van der Waals surface area (Å²) in [6.07, 6.45) is 10.8. The number of rotatable bonds is 12. The third kappa shape index (κ3) is 19.5. The minimum atomic E-state index is -0.495. The molecule has 3 aromatic carbocycles. The highest BCUT2D eigenvalue weighted by Crippen LogP contribution is 2.38. The summed E-state index contributed by atoms with van der Waals surface area (Å²) in [6, 6.07) is 49.7. The number of nitrogens with two attached hydrogens (primary N) is 2. The van der Waals surface area contributed by atoms with E-state index in [2.05, 4.69) is 123 Å². The SMILES string of the molecule is CC(C)(C)OC(=O)NCc1ccc(-c2cnccc2-c2ccccc2)s1.CCOCC.Cl.ClCCl.NCc1ccc(-c2cnccc2-c2ccccc2)s1.NCc1ccc(-c2cnccc2-c2ccccc2)s1. The van der Waals surface area contributed by atoms with Crippen molar-refractivity contribution < 1.29 is 14.3 Å². The number of nitrogens with zero attached hydrogens (tertiary/aromatic N) is 3. The molecule has 0 aliphatic carbocycles. The van der Waals surface area contributed by atoms with Crippen LogP contribution < -0.4 is 16.8 Å². The molecule has 6 aromatic heterocycles. The normalized spacial score (nSPS) is 10.3. The van der Waals surface area contributed by atoms with Gasteiger partial charge in [-0.15, -0.1) is 69.6 Å². The Morgan fingerprint density at radius 1 is 0.521 bits per heavy atom. The number of alkyl carbamates (subject to hydrolysis) is 1. The van der Waals surface area contributed by atoms with Crippen LogP contribution in [0, 0.1) is 0 Å². The molecule has 0 radical (unpaired) electrons. The molecule has 0 unspecified atom stereocenters. The second-order valence-electron chi connectivity index (χ2n) is 16.3. The molecular formula is C58H63Cl3N6O3S3. The molecule has 0 bridgehead atoms. The Kier molecular flexibility index (Phi) is 26.6. The molecule has 9 aromatic rings. The third-order valence-corrected chi connectivity index (χ3v) is 13.5. The molecule has 0 fully saturated rings. The molecule has 0 aliphatic rings. The van der Waals surface area contributed by atoms with Gasteiger partial charge in [0.25, 0.3) is 0 Å². The zero-order valence-electron chi connectivity index (χ0n) is 41.7. The zero-order chi connectivity index (χ0) is 51.6. The zero-order valence-corrected chi connectivity index (χ0v) is 46.5. The van der Waals surface area contributed by atoms with Gasteiger partial charge in [0.1, 0.15) is 5.60 Å². The van der Waals surface area contributed by atoms with Crippen LogP contribution in [0.3, 0.4) is 0 Å². The number of carbonyl (C=O) groups is 1. The number of hydrogen-bond donors (Lipinski definition) is 3. The lowest BCUT2D eigenvalue weighted by Gasteiger charge is -2.19. The maximum absolute atomic E-state index is 11.8. The Balaban J connectivity index is 0.000000222. The first-order valence-electron chi connectivity index (χ1n) is 23.3. The molecule has 9 rings (SSSR count). The van der Waals surface area contributed by atoms with Crippen LogP contribution in [0.2, 0.25) is 0 Å². The maximum atomic E-state index is 11.8. The highest BCUT2D eigenvalue weighted by atomic mass is 35.5. The number of pyridine rings is 3. The molecule has 0 aliphatic heterocycles. The average Bonchev–Trinajstić information content (AvgIpc) is 4.22. The van der Waals surface area contributed by atoms with Crippen LogP contribution in [0.1, 0.15) is 49.3 Å². The van der Waals surface area contributed by atoms with Gasteiger partial charge in [0.15, 0.2) is 0 Å². The first kappa shape index (κ1) is 59.8. The van der Waals surface area contributed by atoms with Crippen LogP contribution in [-0.4, -0.2) is 45.2 Å². The van der Waals surface area contributed by atoms with Crippen molar-refractivity contribution in [3.05, 3.63) is 197 Å². The number of ether oxygens (including phenoxy) is 2. The first-order chi connectivity index (χ1) is 35.0. The van der Waals surface area contributed by atoms with Gasteiger partial charge in [-0.1, -0.05) is 91.0 Å². The van der Waals surface area contributed by atoms with Gasteiger partial charge in [0.05, 0.1) is 11.9 Å². The number of amides is 1. The predicted molar refractivity (Wildman–Crippen MR) is 314 cm³/mol. The Morgan fingerprint density at radius 2 is 0.849 bits per heavy atom. The smallest absolute Gasteiger partial charge is 0.407 e. The number of hydrogen-bond acceptors (Lipinski definition) is 11. The summed E-state index contributed by atoms with van der Waals surface area (Å²) in [4.78, 5) is 31.6. The molecule has 15 heteroatoms. The second kappa shape index (κ2) is 32.4. The standard InChI is InChI=1S/C21H22N2O2S.2C16H14N2S.C4H10O.CH2Cl2.ClH/c1-21(2,3)25-20(24)23-13-16-9-10-19(26-16)18-14-22-12-11-17(18)15-7-5-4-6-8-15;2*17-10-13-6-7-16(19-13)15-11-18-9-8-14(15)12-4-2-1-3-5-12;1-3-5-4-2;2-1-3;/h4-12,14H,13H2,1-3H3,(H,23,24);2*1-9,11H,10,17H2;3-4H2,1-2H3;1H2;1H. The number of thiophene rings is 3. The number of benzene rings is 3. The van der Waals surface area contributed by atoms with E-state index >= 15 is 0 Å². The third-order valence-electron chi connectivity index (χ3n) is 10.1. The van der Waals surface area contributed by atoms with Crippen molar-refractivity contribution in [3.8, 4) is 64.7 Å². The number of nitrogens with one attached hydrogen (secondary N) is 1. The van der Waals surface area contributed by atoms with E-state index in [1.807, 2.05) is 114 Å². The summed E-state index contributed by atoms with van der Waals surface area (Å²) in [5.74, 6) is 0. The van der Waals surface area contributed by atoms with Crippen molar-refractivity contribution in [1.82, 2.24) is 20.3 Å². The van der Waals surface area contributed by atoms with E-state index in [1.54, 1.807) is 34.0 Å². The van der Waals surface area contributed by atoms with Gasteiger partial charge in [-0.3, -0.25) is 15.0 Å². The summed E-state index contributed by atoms with van der Waals surface area (Å²) < 4.78 is 10.1. The van der Waals surface area contributed by atoms with Crippen molar-refractivity contribution in [2.75, 3.05) is 18.6 Å². The van der Waals surface area contributed by atoms with Gasteiger partial charge in [-0.05, 0) is 123 Å². The van der Waals surface area contributed by atoms with Crippen molar-refractivity contribution in [2.45, 2.75) is 59.9 Å². The van der Waals surface area contributed by atoms with Gasteiger partial charge in [0.2, 0.25) is 0 Å². The fraction of sp³-hybridized carbons (Fsp3) is 0.207. The van der Waals surface area contributed by atoms with Crippen LogP contribution in [0.5, 0.6) is 0 Å². The lowest BCUT2D eigenvalue weighted by molar-refractivity contribution is 0.0524. The van der Waals surface area contributed by atoms with Crippen LogP contribution in [0.25, 0.3) is 64.7 Å². The summed E-state index contributed by atoms with van der Waals surface area (Å²) in [6.45, 7) is 12.8. The first-order valence-corrected chi connectivity index (χ1v) is 26.9. The van der Waals surface area contributed by atoms with Crippen LogP contribution in [0.4, 0.5) is 4.79 Å². The van der Waals surface area contributed by atoms with E-state index in [4.69, 9.17) is 44.1 Å². The molecule has 6 heterocycles. The lowest BCUT2D eigenvalue weighted by Crippen LogP contribution is -2.31. The average molecular weight is 1090 g/mol. The van der Waals surface area contributed by atoms with Crippen molar-refractivity contribution in [1.29, 1.82) is 0 Å². The number of alkyl halides is 2. The van der Waals surface area contributed by atoms with Gasteiger partial charge in [0, 0.05) is 109 Å². The van der Waals surface area contributed by atoms with Gasteiger partial charge in [-0.2, -0.15) is 0 Å². The number of aromatic nitrogens is 3. The van der Waals surface area contributed by atoms with Gasteiger partial charge < -0.3 is 26.3 Å². The van der Waals surface area contributed by atoms with Crippen molar-refractivity contribution in [3.63, 3.8) is 0 Å². The highest BCUT2D eigenvalue weighted by Gasteiger charge is 2.17. The van der Waals surface area contributed by atoms with Crippen LogP contribution in [-0.2, 0) is 29.1 Å². The Hall–Kier alpha value is -5.77. The summed E-state index contributed by atoms with van der Waals surface area (Å²) in [7, 11) is 0. The van der Waals surface area contributed by atoms with Crippen LogP contribution >= 0.6 is 69.6 Å². The molecule has 0 atom stereocenters. The second-order valence-corrected chi connectivity index (χ2v) is 20.6. The summed E-state index contributed by atoms with van der Waals surface area (Å²) >= 11 is 14.6. The van der Waals surface area contributed by atoms with Gasteiger partial charge in [-0.25, -0.2) is 4.79 Å². The topological polar surface area (TPSA) is 138 Å². The monoisotopic (exact) mass is 1090 g/mol. The molecule has 1 amide bonds. The quantitative estimate of drug-likeness (QED) is 0.103. The maximum Gasteiger partial charge on any atom is 0.407 e. The van der Waals surface area contributed by atoms with E-state index < -0.39 is 11.7 Å². The molecule has 73 heavy (non-hydrogen) atoms. The van der Waals surface area contributed by atoms with E-state index in [1.165, 1.54) is 52.9 Å². The minimum absolute atomic E-state index is 0. The predicted octanol–water partition coefficient (Wildman–Crippen LogP) is 16.3. The Labute approximate surface area is 459 Å². The Morgan fingerprint density at radius 3 is 1.14 bits per heavy atom. The number of halogens is 3. The Bertz CT molecular complexity index is 2820. The highest BCUT2D eigenvalue weighted by molar-refractivity contribution is 7.16. The minimum Gasteiger partial charge on any atom is -0.444 e. The lowest BCUT2D eigenvalue weighted by atomic mass is 10.0. The molecule has 0 saturated heterocycles. The van der Waals surface area contributed by atoms with Crippen molar-refractivity contribution in [2.24, 2.45) is 11.5 Å². The van der Waals surface area contributed by atoms with E-state index in [0.717, 1.165) is 39.7 Å². The molecule has 0 saturated carbocycles. The largest absolute Gasteiger partial charge is 0.444 e. The number of carbonyl (C=O) groups excluding carboxylic acids is 1.